The molecule has 2 fully saturated rings. The highest BCUT2D eigenvalue weighted by Crippen LogP contribution is 2.24. The topological polar surface area (TPSA) is 153 Å². The van der Waals surface area contributed by atoms with Gasteiger partial charge in [-0.3, -0.25) is 29.0 Å². The van der Waals surface area contributed by atoms with E-state index in [4.69, 9.17) is 5.11 Å². The van der Waals surface area contributed by atoms with Crippen LogP contribution >= 0.6 is 0 Å². The number of nitrogens with one attached hydrogen (secondary N) is 2. The highest BCUT2D eigenvalue weighted by Gasteiger charge is 2.42. The Balaban J connectivity index is 1.70. The second-order valence-corrected chi connectivity index (χ2v) is 8.43. The molecule has 0 aliphatic carbocycles. The van der Waals surface area contributed by atoms with Crippen LogP contribution < -0.4 is 10.6 Å². The maximum Gasteiger partial charge on any atom is 0.305 e. The Kier molecular flexibility index (Phi) is 8.34. The fraction of sp³-hybridized carbons (Fsp3) is 0.478. The second kappa shape index (κ2) is 11.4. The number of aldehydes is 1. The van der Waals surface area contributed by atoms with E-state index in [-0.39, 0.29) is 50.5 Å². The SMILES string of the molecule is O=C[C@H](CC(=O)O)NC(=O)[C@@H]1CCCN2C(=O)CCC(NC(=O)Cc3ccccc3)CC(=O)N12. The lowest BCUT2D eigenvalue weighted by Crippen LogP contribution is -2.64. The van der Waals surface area contributed by atoms with Crippen LogP contribution in [0.5, 0.6) is 0 Å². The van der Waals surface area contributed by atoms with E-state index in [1.165, 1.54) is 5.01 Å². The molecule has 3 N–H and O–H groups in total. The van der Waals surface area contributed by atoms with E-state index in [9.17, 15) is 28.8 Å². The first-order valence-electron chi connectivity index (χ1n) is 11.2. The van der Waals surface area contributed by atoms with Crippen molar-refractivity contribution in [3.8, 4) is 0 Å². The van der Waals surface area contributed by atoms with Gasteiger partial charge < -0.3 is 20.5 Å². The zero-order chi connectivity index (χ0) is 24.7. The predicted octanol–water partition coefficient (Wildman–Crippen LogP) is -0.209. The summed E-state index contributed by atoms with van der Waals surface area (Å²) in [5, 5.41) is 16.4. The van der Waals surface area contributed by atoms with Crippen LogP contribution in [0.15, 0.2) is 30.3 Å². The molecule has 0 spiro atoms. The standard InChI is InChI=1S/C23H28N4O7/c28-14-17(13-22(32)33)25-23(34)18-7-4-10-26-20(30)9-8-16(12-21(31)27(18)26)24-19(29)11-15-5-2-1-3-6-15/h1-3,5-6,14,16-18H,4,7-13H2,(H,24,29)(H,25,34)(H,32,33)/t16?,17-,18-/m0/s1. The number of carboxylic acid groups (broad SMARTS) is 1. The lowest BCUT2D eigenvalue weighted by atomic mass is 10.00. The van der Waals surface area contributed by atoms with Crippen molar-refractivity contribution in [3.63, 3.8) is 0 Å². The summed E-state index contributed by atoms with van der Waals surface area (Å²) >= 11 is 0. The zero-order valence-electron chi connectivity index (χ0n) is 18.6. The third-order valence-corrected chi connectivity index (χ3v) is 5.84. The van der Waals surface area contributed by atoms with Crippen molar-refractivity contribution in [2.45, 2.75) is 63.1 Å². The largest absolute Gasteiger partial charge is 0.481 e. The first-order valence-corrected chi connectivity index (χ1v) is 11.2. The number of fused-ring (bicyclic) bond motifs is 1. The van der Waals surface area contributed by atoms with E-state index in [1.807, 2.05) is 30.3 Å². The van der Waals surface area contributed by atoms with Gasteiger partial charge in [-0.1, -0.05) is 30.3 Å². The van der Waals surface area contributed by atoms with Crippen molar-refractivity contribution >= 4 is 35.9 Å². The smallest absolute Gasteiger partial charge is 0.305 e. The normalized spacial score (nSPS) is 21.5. The Morgan fingerprint density at radius 1 is 1.12 bits per heavy atom. The molecule has 2 aliphatic heterocycles. The van der Waals surface area contributed by atoms with Crippen molar-refractivity contribution in [1.29, 1.82) is 0 Å². The van der Waals surface area contributed by atoms with Crippen molar-refractivity contribution in [3.05, 3.63) is 35.9 Å². The molecule has 11 heteroatoms. The third-order valence-electron chi connectivity index (χ3n) is 5.84. The number of hydrogen-bond donors (Lipinski definition) is 3. The molecule has 11 nitrogen and oxygen atoms in total. The van der Waals surface area contributed by atoms with Gasteiger partial charge in [-0.2, -0.15) is 0 Å². The van der Waals surface area contributed by atoms with Crippen LogP contribution in [-0.2, 0) is 35.2 Å². The molecule has 0 radical (unpaired) electrons. The number of hydrazine groups is 1. The van der Waals surface area contributed by atoms with E-state index < -0.39 is 42.3 Å². The Labute approximate surface area is 196 Å². The molecule has 3 atom stereocenters. The Morgan fingerprint density at radius 2 is 1.85 bits per heavy atom. The van der Waals surface area contributed by atoms with Crippen LogP contribution in [0.3, 0.4) is 0 Å². The van der Waals surface area contributed by atoms with Crippen LogP contribution in [-0.4, -0.2) is 75.7 Å². The second-order valence-electron chi connectivity index (χ2n) is 8.43. The average Bonchev–Trinajstić information content (AvgIpc) is 2.80. The summed E-state index contributed by atoms with van der Waals surface area (Å²) in [4.78, 5) is 73.4. The molecule has 0 bridgehead atoms. The molecule has 2 aliphatic rings. The lowest BCUT2D eigenvalue weighted by molar-refractivity contribution is -0.180. The van der Waals surface area contributed by atoms with Gasteiger partial charge in [-0.15, -0.1) is 0 Å². The Hall–Kier alpha value is -3.76. The van der Waals surface area contributed by atoms with Gasteiger partial charge in [0.25, 0.3) is 0 Å². The summed E-state index contributed by atoms with van der Waals surface area (Å²) in [5.74, 6) is -3.07. The molecule has 0 saturated carbocycles. The van der Waals surface area contributed by atoms with Gasteiger partial charge in [-0.05, 0) is 24.8 Å². The van der Waals surface area contributed by atoms with Crippen molar-refractivity contribution in [1.82, 2.24) is 20.7 Å². The average molecular weight is 472 g/mol. The van der Waals surface area contributed by atoms with Gasteiger partial charge in [0, 0.05) is 25.4 Å². The minimum atomic E-state index is -1.26. The third kappa shape index (κ3) is 6.40. The van der Waals surface area contributed by atoms with Crippen LogP contribution in [0.25, 0.3) is 0 Å². The first-order chi connectivity index (χ1) is 16.3. The maximum atomic E-state index is 13.2. The van der Waals surface area contributed by atoms with Gasteiger partial charge in [-0.25, -0.2) is 5.01 Å². The fourth-order valence-corrected chi connectivity index (χ4v) is 4.24. The minimum absolute atomic E-state index is 0.0877. The molecule has 4 amide bonds. The molecule has 1 aromatic rings. The van der Waals surface area contributed by atoms with Gasteiger partial charge >= 0.3 is 5.97 Å². The number of nitrogens with zero attached hydrogens (tertiary/aromatic N) is 2. The highest BCUT2D eigenvalue weighted by molar-refractivity contribution is 5.92. The number of carbonyl (C=O) groups excluding carboxylic acids is 5. The summed E-state index contributed by atoms with van der Waals surface area (Å²) in [5.41, 5.74) is 0.818. The molecule has 182 valence electrons. The van der Waals surface area contributed by atoms with Gasteiger partial charge in [0.1, 0.15) is 12.3 Å². The molecule has 2 saturated heterocycles. The van der Waals surface area contributed by atoms with Gasteiger partial charge in [0.05, 0.1) is 18.9 Å². The predicted molar refractivity (Wildman–Crippen MR) is 118 cm³/mol. The molecule has 1 aromatic carbocycles. The first kappa shape index (κ1) is 24.9. The van der Waals surface area contributed by atoms with Gasteiger partial charge in [0.2, 0.25) is 23.6 Å². The summed E-state index contributed by atoms with van der Waals surface area (Å²) in [7, 11) is 0. The fourth-order valence-electron chi connectivity index (χ4n) is 4.24. The number of rotatable bonds is 8. The van der Waals surface area contributed by atoms with Crippen LogP contribution in [0.4, 0.5) is 0 Å². The Bertz CT molecular complexity index is 952. The van der Waals surface area contributed by atoms with E-state index in [1.54, 1.807) is 0 Å². The quantitative estimate of drug-likeness (QED) is 0.443. The van der Waals surface area contributed by atoms with E-state index in [2.05, 4.69) is 10.6 Å². The molecular weight excluding hydrogens is 444 g/mol. The van der Waals surface area contributed by atoms with E-state index in [0.29, 0.717) is 12.7 Å². The Morgan fingerprint density at radius 3 is 2.53 bits per heavy atom. The van der Waals surface area contributed by atoms with Crippen molar-refractivity contribution in [2.24, 2.45) is 0 Å². The maximum absolute atomic E-state index is 13.2. The zero-order valence-corrected chi connectivity index (χ0v) is 18.6. The van der Waals surface area contributed by atoms with Crippen molar-refractivity contribution < 1.29 is 33.9 Å². The summed E-state index contributed by atoms with van der Waals surface area (Å²) in [6.07, 6.45) is 0.875. The summed E-state index contributed by atoms with van der Waals surface area (Å²) < 4.78 is 0. The molecule has 0 aromatic heterocycles. The summed E-state index contributed by atoms with van der Waals surface area (Å²) in [6, 6.07) is 6.25. The minimum Gasteiger partial charge on any atom is -0.481 e. The van der Waals surface area contributed by atoms with Crippen molar-refractivity contribution in [2.75, 3.05) is 6.54 Å². The number of carboxylic acids is 1. The molecular formula is C23H28N4O7. The van der Waals surface area contributed by atoms with E-state index >= 15 is 0 Å². The van der Waals surface area contributed by atoms with Crippen LogP contribution in [0.2, 0.25) is 0 Å². The lowest BCUT2D eigenvalue weighted by Gasteiger charge is -2.45. The molecule has 2 heterocycles. The van der Waals surface area contributed by atoms with Gasteiger partial charge in [0.15, 0.2) is 0 Å². The number of hydrogen-bond acceptors (Lipinski definition) is 6. The number of amides is 4. The van der Waals surface area contributed by atoms with Crippen LogP contribution in [0.1, 0.15) is 44.1 Å². The van der Waals surface area contributed by atoms with Crippen LogP contribution in [0, 0.1) is 0 Å². The monoisotopic (exact) mass is 472 g/mol. The van der Waals surface area contributed by atoms with E-state index in [0.717, 1.165) is 10.6 Å². The highest BCUT2D eigenvalue weighted by atomic mass is 16.4. The molecule has 34 heavy (non-hydrogen) atoms. The molecule has 3 rings (SSSR count). The number of benzene rings is 1. The number of carbonyl (C=O) groups is 6. The summed E-state index contributed by atoms with van der Waals surface area (Å²) in [6.45, 7) is 0.269. The number of aliphatic carboxylic acids is 1. The molecule has 1 unspecified atom stereocenters.